The van der Waals surface area contributed by atoms with Crippen molar-refractivity contribution in [3.05, 3.63) is 18.0 Å². The monoisotopic (exact) mass is 222 g/mol. The lowest BCUT2D eigenvalue weighted by Gasteiger charge is -1.95. The number of hydrogen-bond donors (Lipinski definition) is 2. The van der Waals surface area contributed by atoms with E-state index in [9.17, 15) is 0 Å². The zero-order valence-corrected chi connectivity index (χ0v) is 9.69. The number of imidazole rings is 1. The number of thioether (sulfide) groups is 1. The summed E-state index contributed by atoms with van der Waals surface area (Å²) in [5, 5.41) is 3.00. The Bertz CT molecular complexity index is 452. The standard InChI is InChI=1S/C10H14N4S/c1-11-8-4-3-7-10(13-8)14-9(12-7)5-6-15-2/h3-4H,5-6H2,1-2H3,(H2,11,12,13,14). The first kappa shape index (κ1) is 10.3. The second-order valence-corrected chi connectivity index (χ2v) is 4.23. The SMILES string of the molecule is CNc1ccc2[nH]c(CCSC)nc2n1. The van der Waals surface area contributed by atoms with Crippen molar-refractivity contribution in [1.29, 1.82) is 0 Å². The molecule has 2 aromatic rings. The number of rotatable bonds is 4. The van der Waals surface area contributed by atoms with Gasteiger partial charge < -0.3 is 10.3 Å². The summed E-state index contributed by atoms with van der Waals surface area (Å²) in [4.78, 5) is 12.1. The molecule has 2 aromatic heterocycles. The summed E-state index contributed by atoms with van der Waals surface area (Å²) < 4.78 is 0. The van der Waals surface area contributed by atoms with Crippen molar-refractivity contribution in [1.82, 2.24) is 15.0 Å². The Balaban J connectivity index is 2.29. The van der Waals surface area contributed by atoms with Gasteiger partial charge in [-0.1, -0.05) is 0 Å². The zero-order chi connectivity index (χ0) is 10.7. The van der Waals surface area contributed by atoms with E-state index in [1.165, 1.54) is 0 Å². The molecule has 2 heterocycles. The van der Waals surface area contributed by atoms with Gasteiger partial charge in [-0.15, -0.1) is 0 Å². The zero-order valence-electron chi connectivity index (χ0n) is 8.87. The molecule has 0 aromatic carbocycles. The highest BCUT2D eigenvalue weighted by atomic mass is 32.2. The molecule has 0 radical (unpaired) electrons. The lowest BCUT2D eigenvalue weighted by Crippen LogP contribution is -1.91. The molecule has 2 N–H and O–H groups in total. The van der Waals surface area contributed by atoms with E-state index in [0.29, 0.717) is 0 Å². The van der Waals surface area contributed by atoms with E-state index in [0.717, 1.165) is 35.0 Å². The third-order valence-electron chi connectivity index (χ3n) is 2.19. The Kier molecular flexibility index (Phi) is 3.11. The molecule has 0 fully saturated rings. The second kappa shape index (κ2) is 4.53. The van der Waals surface area contributed by atoms with Gasteiger partial charge in [0.05, 0.1) is 5.52 Å². The Morgan fingerprint density at radius 3 is 3.00 bits per heavy atom. The number of pyridine rings is 1. The smallest absolute Gasteiger partial charge is 0.179 e. The van der Waals surface area contributed by atoms with Gasteiger partial charge in [-0.2, -0.15) is 11.8 Å². The van der Waals surface area contributed by atoms with Crippen molar-refractivity contribution in [2.24, 2.45) is 0 Å². The predicted molar refractivity (Wildman–Crippen MR) is 65.5 cm³/mol. The van der Waals surface area contributed by atoms with Crippen molar-refractivity contribution in [3.63, 3.8) is 0 Å². The number of fused-ring (bicyclic) bond motifs is 1. The molecule has 4 nitrogen and oxygen atoms in total. The molecule has 0 aliphatic carbocycles. The Morgan fingerprint density at radius 2 is 2.27 bits per heavy atom. The van der Waals surface area contributed by atoms with Gasteiger partial charge in [0.25, 0.3) is 0 Å². The lowest BCUT2D eigenvalue weighted by atomic mass is 10.4. The maximum atomic E-state index is 4.44. The number of nitrogens with one attached hydrogen (secondary N) is 2. The van der Waals surface area contributed by atoms with Crippen LogP contribution in [0.2, 0.25) is 0 Å². The summed E-state index contributed by atoms with van der Waals surface area (Å²) >= 11 is 1.82. The molecule has 15 heavy (non-hydrogen) atoms. The highest BCUT2D eigenvalue weighted by molar-refractivity contribution is 7.98. The summed E-state index contributed by atoms with van der Waals surface area (Å²) in [5.74, 6) is 2.95. The fourth-order valence-corrected chi connectivity index (χ4v) is 1.80. The van der Waals surface area contributed by atoms with Gasteiger partial charge in [0, 0.05) is 19.2 Å². The van der Waals surface area contributed by atoms with Crippen molar-refractivity contribution >= 4 is 28.7 Å². The molecule has 0 aliphatic rings. The van der Waals surface area contributed by atoms with Crippen LogP contribution in [-0.4, -0.2) is 34.0 Å². The van der Waals surface area contributed by atoms with E-state index < -0.39 is 0 Å². The van der Waals surface area contributed by atoms with Gasteiger partial charge in [-0.3, -0.25) is 0 Å². The van der Waals surface area contributed by atoms with E-state index in [2.05, 4.69) is 26.5 Å². The quantitative estimate of drug-likeness (QED) is 0.829. The molecule has 0 saturated heterocycles. The van der Waals surface area contributed by atoms with Crippen LogP contribution in [0.4, 0.5) is 5.82 Å². The van der Waals surface area contributed by atoms with E-state index >= 15 is 0 Å². The Hall–Kier alpha value is -1.23. The van der Waals surface area contributed by atoms with Crippen molar-refractivity contribution < 1.29 is 0 Å². The molecular weight excluding hydrogens is 208 g/mol. The summed E-state index contributed by atoms with van der Waals surface area (Å²) in [5.41, 5.74) is 1.79. The number of hydrogen-bond acceptors (Lipinski definition) is 4. The topological polar surface area (TPSA) is 53.6 Å². The number of aromatic amines is 1. The second-order valence-electron chi connectivity index (χ2n) is 3.24. The highest BCUT2D eigenvalue weighted by Crippen LogP contribution is 2.13. The van der Waals surface area contributed by atoms with Crippen LogP contribution in [0.25, 0.3) is 11.2 Å². The van der Waals surface area contributed by atoms with Gasteiger partial charge in [0.2, 0.25) is 0 Å². The number of nitrogens with zero attached hydrogens (tertiary/aromatic N) is 2. The van der Waals surface area contributed by atoms with Crippen LogP contribution >= 0.6 is 11.8 Å². The van der Waals surface area contributed by atoms with Gasteiger partial charge in [0.1, 0.15) is 11.6 Å². The number of anilines is 1. The summed E-state index contributed by atoms with van der Waals surface area (Å²) in [6.45, 7) is 0. The maximum absolute atomic E-state index is 4.44. The molecule has 0 spiro atoms. The van der Waals surface area contributed by atoms with E-state index in [1.54, 1.807) is 0 Å². The van der Waals surface area contributed by atoms with Crippen molar-refractivity contribution in [2.75, 3.05) is 24.4 Å². The number of H-pyrrole nitrogens is 1. The van der Waals surface area contributed by atoms with Gasteiger partial charge in [-0.05, 0) is 18.4 Å². The molecule has 2 rings (SSSR count). The molecule has 5 heteroatoms. The number of aryl methyl sites for hydroxylation is 1. The average Bonchev–Trinajstić information content (AvgIpc) is 2.67. The first-order valence-electron chi connectivity index (χ1n) is 4.86. The minimum atomic E-state index is 0.790. The Labute approximate surface area is 92.9 Å². The largest absolute Gasteiger partial charge is 0.373 e. The van der Waals surface area contributed by atoms with Gasteiger partial charge in [0.15, 0.2) is 5.65 Å². The van der Waals surface area contributed by atoms with Gasteiger partial charge in [-0.25, -0.2) is 9.97 Å². The number of aromatic nitrogens is 3. The van der Waals surface area contributed by atoms with Crippen LogP contribution in [0.5, 0.6) is 0 Å². The first-order chi connectivity index (χ1) is 7.33. The molecule has 0 aliphatic heterocycles. The molecular formula is C10H14N4S. The van der Waals surface area contributed by atoms with Crippen LogP contribution in [0, 0.1) is 0 Å². The van der Waals surface area contributed by atoms with Crippen LogP contribution in [0.15, 0.2) is 12.1 Å². The van der Waals surface area contributed by atoms with Gasteiger partial charge >= 0.3 is 0 Å². The summed E-state index contributed by atoms with van der Waals surface area (Å²) in [6.07, 6.45) is 3.06. The highest BCUT2D eigenvalue weighted by Gasteiger charge is 2.03. The maximum Gasteiger partial charge on any atom is 0.179 e. The van der Waals surface area contributed by atoms with Crippen LogP contribution in [0.1, 0.15) is 5.82 Å². The Morgan fingerprint density at radius 1 is 1.40 bits per heavy atom. The average molecular weight is 222 g/mol. The minimum absolute atomic E-state index is 0.790. The fourth-order valence-electron chi connectivity index (χ4n) is 1.40. The molecule has 0 amide bonds. The predicted octanol–water partition coefficient (Wildman–Crippen LogP) is 1.91. The molecule has 0 unspecified atom stereocenters. The molecule has 0 atom stereocenters. The first-order valence-corrected chi connectivity index (χ1v) is 6.25. The third-order valence-corrected chi connectivity index (χ3v) is 2.81. The normalized spacial score (nSPS) is 10.8. The van der Waals surface area contributed by atoms with E-state index in [-0.39, 0.29) is 0 Å². The van der Waals surface area contributed by atoms with Crippen LogP contribution in [0.3, 0.4) is 0 Å². The van der Waals surface area contributed by atoms with E-state index in [1.807, 2.05) is 30.9 Å². The van der Waals surface area contributed by atoms with E-state index in [4.69, 9.17) is 0 Å². The minimum Gasteiger partial charge on any atom is -0.373 e. The molecule has 0 bridgehead atoms. The van der Waals surface area contributed by atoms with Crippen molar-refractivity contribution in [2.45, 2.75) is 6.42 Å². The summed E-state index contributed by atoms with van der Waals surface area (Å²) in [7, 11) is 1.86. The van der Waals surface area contributed by atoms with Crippen LogP contribution in [-0.2, 0) is 6.42 Å². The lowest BCUT2D eigenvalue weighted by molar-refractivity contribution is 1.01. The summed E-state index contributed by atoms with van der Waals surface area (Å²) in [6, 6.07) is 3.95. The molecule has 80 valence electrons. The fraction of sp³-hybridized carbons (Fsp3) is 0.400. The van der Waals surface area contributed by atoms with Crippen molar-refractivity contribution in [3.8, 4) is 0 Å². The van der Waals surface area contributed by atoms with Crippen LogP contribution < -0.4 is 5.32 Å². The third kappa shape index (κ3) is 2.23. The molecule has 0 saturated carbocycles.